The summed E-state index contributed by atoms with van der Waals surface area (Å²) in [6.07, 6.45) is 0.0982. The third-order valence-electron chi connectivity index (χ3n) is 3.77. The normalized spacial score (nSPS) is 21.6. The molecule has 3 rings (SSSR count). The molecule has 98 valence electrons. The smallest absolute Gasteiger partial charge is 0.127 e. The summed E-state index contributed by atoms with van der Waals surface area (Å²) < 4.78 is 6.06. The Kier molecular flexibility index (Phi) is 3.03. The minimum atomic E-state index is -0.449. The van der Waals surface area contributed by atoms with E-state index in [4.69, 9.17) is 4.74 Å². The molecule has 0 saturated carbocycles. The first-order chi connectivity index (χ1) is 9.15. The van der Waals surface area contributed by atoms with E-state index in [0.29, 0.717) is 6.42 Å². The Hall–Kier alpha value is -1.80. The van der Waals surface area contributed by atoms with Crippen LogP contribution in [0.15, 0.2) is 42.5 Å². The van der Waals surface area contributed by atoms with Gasteiger partial charge in [-0.3, -0.25) is 0 Å². The minimum Gasteiger partial charge on any atom is -0.485 e. The molecular formula is C17H18O2. The van der Waals surface area contributed by atoms with E-state index in [1.54, 1.807) is 0 Å². The van der Waals surface area contributed by atoms with E-state index in [-0.39, 0.29) is 6.10 Å². The molecule has 1 unspecified atom stereocenters. The van der Waals surface area contributed by atoms with Crippen molar-refractivity contribution in [2.45, 2.75) is 32.5 Å². The van der Waals surface area contributed by atoms with Gasteiger partial charge in [-0.2, -0.15) is 0 Å². The van der Waals surface area contributed by atoms with Gasteiger partial charge in [0.05, 0.1) is 6.10 Å². The summed E-state index contributed by atoms with van der Waals surface area (Å²) >= 11 is 0. The number of hydrogen-bond acceptors (Lipinski definition) is 2. The largest absolute Gasteiger partial charge is 0.485 e. The van der Waals surface area contributed by atoms with E-state index >= 15 is 0 Å². The highest BCUT2D eigenvalue weighted by Crippen LogP contribution is 2.41. The molecule has 0 aromatic heterocycles. The van der Waals surface area contributed by atoms with Crippen LogP contribution in [0.25, 0.3) is 0 Å². The zero-order chi connectivity index (χ0) is 13.4. The molecule has 0 radical (unpaired) electrons. The van der Waals surface area contributed by atoms with Crippen molar-refractivity contribution < 1.29 is 9.84 Å². The van der Waals surface area contributed by atoms with E-state index in [1.807, 2.05) is 24.3 Å². The van der Waals surface area contributed by atoms with Crippen LogP contribution in [0.2, 0.25) is 0 Å². The summed E-state index contributed by atoms with van der Waals surface area (Å²) in [5.74, 6) is 0.798. The molecule has 1 aliphatic rings. The Morgan fingerprint density at radius 2 is 1.84 bits per heavy atom. The Morgan fingerprint density at radius 1 is 1.05 bits per heavy atom. The van der Waals surface area contributed by atoms with Crippen molar-refractivity contribution in [3.63, 3.8) is 0 Å². The van der Waals surface area contributed by atoms with Gasteiger partial charge in [-0.05, 0) is 31.0 Å². The Bertz CT molecular complexity index is 604. The molecule has 2 heteroatoms. The van der Waals surface area contributed by atoms with E-state index in [9.17, 15) is 5.11 Å². The van der Waals surface area contributed by atoms with Crippen molar-refractivity contribution in [3.05, 3.63) is 64.7 Å². The summed E-state index contributed by atoms with van der Waals surface area (Å²) in [5.41, 5.74) is 4.50. The number of hydrogen-bond donors (Lipinski definition) is 1. The van der Waals surface area contributed by atoms with Crippen molar-refractivity contribution in [1.82, 2.24) is 0 Å². The van der Waals surface area contributed by atoms with Gasteiger partial charge in [-0.25, -0.2) is 0 Å². The molecule has 0 bridgehead atoms. The van der Waals surface area contributed by atoms with Crippen molar-refractivity contribution in [2.24, 2.45) is 0 Å². The molecule has 0 spiro atoms. The van der Waals surface area contributed by atoms with Crippen LogP contribution in [-0.2, 0) is 0 Å². The fourth-order valence-electron chi connectivity index (χ4n) is 2.69. The Morgan fingerprint density at radius 3 is 2.68 bits per heavy atom. The van der Waals surface area contributed by atoms with Gasteiger partial charge < -0.3 is 9.84 Å². The fourth-order valence-corrected chi connectivity index (χ4v) is 2.69. The van der Waals surface area contributed by atoms with E-state index in [1.165, 1.54) is 16.7 Å². The average Bonchev–Trinajstić information content (AvgIpc) is 2.41. The average molecular weight is 254 g/mol. The number of aryl methyl sites for hydroxylation is 2. The standard InChI is InChI=1S/C17H18O2/c1-11-7-8-12(2)14(9-11)17-10-15(18)13-5-3-4-6-16(13)19-17/h3-9,15,17-18H,10H2,1-2H3/t15-,17?/m0/s1. The van der Waals surface area contributed by atoms with Gasteiger partial charge in [0, 0.05) is 12.0 Å². The van der Waals surface area contributed by atoms with Crippen LogP contribution >= 0.6 is 0 Å². The highest BCUT2D eigenvalue weighted by atomic mass is 16.5. The molecule has 2 atom stereocenters. The number of rotatable bonds is 1. The minimum absolute atomic E-state index is 0.0650. The molecule has 0 amide bonds. The first-order valence-corrected chi connectivity index (χ1v) is 6.66. The highest BCUT2D eigenvalue weighted by molar-refractivity contribution is 5.40. The quantitative estimate of drug-likeness (QED) is 0.837. The van der Waals surface area contributed by atoms with Gasteiger partial charge in [0.2, 0.25) is 0 Å². The maximum absolute atomic E-state index is 10.3. The third kappa shape index (κ3) is 2.24. The monoisotopic (exact) mass is 254 g/mol. The summed E-state index contributed by atoms with van der Waals surface area (Å²) in [7, 11) is 0. The molecule has 1 aliphatic heterocycles. The number of ether oxygens (including phenoxy) is 1. The van der Waals surface area contributed by atoms with Crippen molar-refractivity contribution in [2.75, 3.05) is 0 Å². The summed E-state index contributed by atoms with van der Waals surface area (Å²) in [6.45, 7) is 4.17. The Balaban J connectivity index is 1.99. The van der Waals surface area contributed by atoms with Crippen LogP contribution in [-0.4, -0.2) is 5.11 Å². The van der Waals surface area contributed by atoms with Crippen LogP contribution in [0.5, 0.6) is 5.75 Å². The summed E-state index contributed by atoms with van der Waals surface area (Å²) in [4.78, 5) is 0. The topological polar surface area (TPSA) is 29.5 Å². The number of benzene rings is 2. The predicted octanol–water partition coefficient (Wildman–Crippen LogP) is 3.86. The molecule has 2 aromatic rings. The molecule has 1 N–H and O–H groups in total. The second-order valence-electron chi connectivity index (χ2n) is 5.26. The number of para-hydroxylation sites is 1. The second-order valence-corrected chi connectivity index (χ2v) is 5.26. The van der Waals surface area contributed by atoms with E-state index in [0.717, 1.165) is 11.3 Å². The van der Waals surface area contributed by atoms with Gasteiger partial charge in [-0.15, -0.1) is 0 Å². The van der Waals surface area contributed by atoms with Crippen LogP contribution in [0.3, 0.4) is 0 Å². The van der Waals surface area contributed by atoms with Gasteiger partial charge in [0.1, 0.15) is 11.9 Å². The van der Waals surface area contributed by atoms with Crippen LogP contribution < -0.4 is 4.74 Å². The van der Waals surface area contributed by atoms with E-state index < -0.39 is 6.10 Å². The summed E-state index contributed by atoms with van der Waals surface area (Å²) in [5, 5.41) is 10.3. The molecule has 0 saturated heterocycles. The highest BCUT2D eigenvalue weighted by Gasteiger charge is 2.28. The lowest BCUT2D eigenvalue weighted by Gasteiger charge is -2.30. The second kappa shape index (κ2) is 4.71. The van der Waals surface area contributed by atoms with Crippen LogP contribution in [0.4, 0.5) is 0 Å². The van der Waals surface area contributed by atoms with Crippen molar-refractivity contribution in [1.29, 1.82) is 0 Å². The molecule has 2 nitrogen and oxygen atoms in total. The van der Waals surface area contributed by atoms with Crippen molar-refractivity contribution in [3.8, 4) is 5.75 Å². The molecule has 0 fully saturated rings. The lowest BCUT2D eigenvalue weighted by molar-refractivity contribution is 0.0654. The van der Waals surface area contributed by atoms with Crippen LogP contribution in [0.1, 0.15) is 40.9 Å². The maximum atomic E-state index is 10.3. The molecule has 1 heterocycles. The molecule has 0 aliphatic carbocycles. The molecule has 19 heavy (non-hydrogen) atoms. The summed E-state index contributed by atoms with van der Waals surface area (Å²) in [6, 6.07) is 14.1. The maximum Gasteiger partial charge on any atom is 0.127 e. The SMILES string of the molecule is Cc1ccc(C)c(C2C[C@H](O)c3ccccc3O2)c1. The zero-order valence-corrected chi connectivity index (χ0v) is 11.3. The van der Waals surface area contributed by atoms with Gasteiger partial charge in [0.15, 0.2) is 0 Å². The zero-order valence-electron chi connectivity index (χ0n) is 11.3. The Labute approximate surface area is 113 Å². The molecule has 2 aromatic carbocycles. The number of fused-ring (bicyclic) bond motifs is 1. The van der Waals surface area contributed by atoms with E-state index in [2.05, 4.69) is 32.0 Å². The van der Waals surface area contributed by atoms with Gasteiger partial charge in [0.25, 0.3) is 0 Å². The van der Waals surface area contributed by atoms with Crippen LogP contribution in [0, 0.1) is 13.8 Å². The van der Waals surface area contributed by atoms with Gasteiger partial charge in [-0.1, -0.05) is 42.0 Å². The van der Waals surface area contributed by atoms with Gasteiger partial charge >= 0.3 is 0 Å². The third-order valence-corrected chi connectivity index (χ3v) is 3.77. The lowest BCUT2D eigenvalue weighted by Crippen LogP contribution is -2.19. The first-order valence-electron chi connectivity index (χ1n) is 6.66. The number of aliphatic hydroxyl groups excluding tert-OH is 1. The fraction of sp³-hybridized carbons (Fsp3) is 0.294. The lowest BCUT2D eigenvalue weighted by atomic mass is 9.92. The molecular weight excluding hydrogens is 236 g/mol. The number of aliphatic hydroxyl groups is 1. The first kappa shape index (κ1) is 12.2. The predicted molar refractivity (Wildman–Crippen MR) is 75.3 cm³/mol. The van der Waals surface area contributed by atoms with Crippen molar-refractivity contribution >= 4 is 0 Å².